The first kappa shape index (κ1) is 16.9. The van der Waals surface area contributed by atoms with Crippen LogP contribution >= 0.6 is 0 Å². The van der Waals surface area contributed by atoms with Crippen molar-refractivity contribution in [3.8, 4) is 0 Å². The molecule has 1 N–H and O–H groups in total. The number of rotatable bonds is 3. The van der Waals surface area contributed by atoms with Gasteiger partial charge in [0.15, 0.2) is 17.5 Å². The van der Waals surface area contributed by atoms with E-state index in [1.54, 1.807) is 0 Å². The van der Waals surface area contributed by atoms with Gasteiger partial charge in [-0.25, -0.2) is 13.2 Å². The van der Waals surface area contributed by atoms with Crippen LogP contribution in [0.15, 0.2) is 36.4 Å². The summed E-state index contributed by atoms with van der Waals surface area (Å²) >= 11 is 0. The number of carbonyl (C=O) groups is 1. The highest BCUT2D eigenvalue weighted by molar-refractivity contribution is 5.92. The number of benzene rings is 2. The molecule has 2 nitrogen and oxygen atoms in total. The summed E-state index contributed by atoms with van der Waals surface area (Å²) in [5.74, 6) is -5.46. The standard InChI is InChI=1S/C15H9F6NO/c16-10-5-6-11(14(18)13(10)17)22-12(23)7-8-1-3-9(4-2-8)15(19,20)21/h1-6H,7H2,(H,22,23). The number of amides is 1. The smallest absolute Gasteiger partial charge is 0.323 e. The zero-order valence-corrected chi connectivity index (χ0v) is 11.3. The second kappa shape index (κ2) is 6.31. The first-order valence-corrected chi connectivity index (χ1v) is 6.28. The Labute approximate surface area is 126 Å². The van der Waals surface area contributed by atoms with Crippen LogP contribution in [-0.2, 0) is 17.4 Å². The lowest BCUT2D eigenvalue weighted by molar-refractivity contribution is -0.137. The Balaban J connectivity index is 2.07. The molecular formula is C15H9F6NO. The van der Waals surface area contributed by atoms with Crippen LogP contribution in [0.3, 0.4) is 0 Å². The van der Waals surface area contributed by atoms with E-state index in [9.17, 15) is 31.1 Å². The van der Waals surface area contributed by atoms with E-state index >= 15 is 0 Å². The van der Waals surface area contributed by atoms with E-state index in [1.165, 1.54) is 0 Å². The number of anilines is 1. The molecule has 0 bridgehead atoms. The minimum atomic E-state index is -4.49. The van der Waals surface area contributed by atoms with Gasteiger partial charge in [0.1, 0.15) is 0 Å². The van der Waals surface area contributed by atoms with Gasteiger partial charge >= 0.3 is 6.18 Å². The van der Waals surface area contributed by atoms with E-state index in [-0.39, 0.29) is 12.0 Å². The van der Waals surface area contributed by atoms with Gasteiger partial charge < -0.3 is 5.32 Å². The van der Waals surface area contributed by atoms with Gasteiger partial charge in [-0.2, -0.15) is 13.2 Å². The minimum absolute atomic E-state index is 0.249. The minimum Gasteiger partial charge on any atom is -0.323 e. The van der Waals surface area contributed by atoms with Gasteiger partial charge in [-0.05, 0) is 29.8 Å². The molecule has 8 heteroatoms. The van der Waals surface area contributed by atoms with Crippen molar-refractivity contribution in [1.82, 2.24) is 0 Å². The Morgan fingerprint density at radius 2 is 1.52 bits per heavy atom. The van der Waals surface area contributed by atoms with Crippen molar-refractivity contribution in [2.24, 2.45) is 0 Å². The molecule has 0 heterocycles. The van der Waals surface area contributed by atoms with Gasteiger partial charge in [-0.1, -0.05) is 12.1 Å². The van der Waals surface area contributed by atoms with Crippen molar-refractivity contribution in [3.63, 3.8) is 0 Å². The van der Waals surface area contributed by atoms with Crippen LogP contribution in [-0.4, -0.2) is 5.91 Å². The second-order valence-electron chi connectivity index (χ2n) is 4.64. The Kier molecular flexibility index (Phi) is 4.63. The lowest BCUT2D eigenvalue weighted by Crippen LogP contribution is -2.16. The Bertz CT molecular complexity index is 724. The normalized spacial score (nSPS) is 11.4. The monoisotopic (exact) mass is 333 g/mol. The van der Waals surface area contributed by atoms with Crippen LogP contribution < -0.4 is 5.32 Å². The van der Waals surface area contributed by atoms with Crippen LogP contribution in [0.2, 0.25) is 0 Å². The number of alkyl halides is 3. The second-order valence-corrected chi connectivity index (χ2v) is 4.64. The van der Waals surface area contributed by atoms with E-state index < -0.39 is 40.8 Å². The predicted molar refractivity (Wildman–Crippen MR) is 70.1 cm³/mol. The summed E-state index contributed by atoms with van der Waals surface area (Å²) in [6.07, 6.45) is -4.84. The van der Waals surface area contributed by atoms with Crippen molar-refractivity contribution in [3.05, 3.63) is 65.0 Å². The van der Waals surface area contributed by atoms with Gasteiger partial charge in [0.05, 0.1) is 17.7 Å². The maximum Gasteiger partial charge on any atom is 0.416 e. The van der Waals surface area contributed by atoms with E-state index in [2.05, 4.69) is 0 Å². The van der Waals surface area contributed by atoms with Gasteiger partial charge in [-0.3, -0.25) is 4.79 Å². The quantitative estimate of drug-likeness (QED) is 0.658. The zero-order valence-electron chi connectivity index (χ0n) is 11.3. The molecule has 0 atom stereocenters. The molecule has 0 saturated heterocycles. The molecule has 1 amide bonds. The SMILES string of the molecule is O=C(Cc1ccc(C(F)(F)F)cc1)Nc1ccc(F)c(F)c1F. The van der Waals surface area contributed by atoms with Gasteiger partial charge in [-0.15, -0.1) is 0 Å². The lowest BCUT2D eigenvalue weighted by atomic mass is 10.1. The topological polar surface area (TPSA) is 29.1 Å². The lowest BCUT2D eigenvalue weighted by Gasteiger charge is -2.09. The first-order chi connectivity index (χ1) is 10.7. The first-order valence-electron chi connectivity index (χ1n) is 6.28. The fourth-order valence-electron chi connectivity index (χ4n) is 1.81. The Morgan fingerprint density at radius 1 is 0.913 bits per heavy atom. The van der Waals surface area contributed by atoms with Crippen molar-refractivity contribution in [1.29, 1.82) is 0 Å². The Morgan fingerprint density at radius 3 is 2.09 bits per heavy atom. The molecule has 0 radical (unpaired) electrons. The third kappa shape index (κ3) is 4.02. The average Bonchev–Trinajstić information content (AvgIpc) is 2.47. The molecule has 0 aromatic heterocycles. The fraction of sp³-hybridized carbons (Fsp3) is 0.133. The summed E-state index contributed by atoms with van der Waals surface area (Å²) in [4.78, 5) is 11.7. The molecule has 2 rings (SSSR count). The van der Waals surface area contributed by atoms with Crippen molar-refractivity contribution in [2.75, 3.05) is 5.32 Å². The van der Waals surface area contributed by atoms with E-state index in [1.807, 2.05) is 5.32 Å². The highest BCUT2D eigenvalue weighted by Gasteiger charge is 2.30. The molecule has 0 aliphatic carbocycles. The van der Waals surface area contributed by atoms with Crippen LogP contribution in [0.4, 0.5) is 32.0 Å². The zero-order chi connectivity index (χ0) is 17.2. The maximum absolute atomic E-state index is 13.4. The number of hydrogen-bond donors (Lipinski definition) is 1. The third-order valence-electron chi connectivity index (χ3n) is 2.96. The maximum atomic E-state index is 13.4. The molecule has 0 unspecified atom stereocenters. The molecule has 0 fully saturated rings. The van der Waals surface area contributed by atoms with Crippen molar-refractivity contribution < 1.29 is 31.1 Å². The number of carbonyl (C=O) groups excluding carboxylic acids is 1. The van der Waals surface area contributed by atoms with Crippen molar-refractivity contribution >= 4 is 11.6 Å². The number of halogens is 6. The summed E-state index contributed by atoms with van der Waals surface area (Å²) < 4.78 is 76.4. The third-order valence-corrected chi connectivity index (χ3v) is 2.96. The predicted octanol–water partition coefficient (Wildman–Crippen LogP) is 4.30. The van der Waals surface area contributed by atoms with E-state index in [0.717, 1.165) is 30.3 Å². The molecule has 0 spiro atoms. The van der Waals surface area contributed by atoms with E-state index in [4.69, 9.17) is 0 Å². The van der Waals surface area contributed by atoms with Crippen LogP contribution in [0.5, 0.6) is 0 Å². The van der Waals surface area contributed by atoms with Gasteiger partial charge in [0.2, 0.25) is 5.91 Å². The van der Waals surface area contributed by atoms with Gasteiger partial charge in [0, 0.05) is 0 Å². The molecule has 0 aliphatic rings. The molecular weight excluding hydrogens is 324 g/mol. The van der Waals surface area contributed by atoms with Crippen LogP contribution in [0.25, 0.3) is 0 Å². The summed E-state index contributed by atoms with van der Waals surface area (Å²) in [6, 6.07) is 5.31. The molecule has 0 aliphatic heterocycles. The number of nitrogens with one attached hydrogen (secondary N) is 1. The highest BCUT2D eigenvalue weighted by atomic mass is 19.4. The molecule has 2 aromatic carbocycles. The summed E-state index contributed by atoms with van der Waals surface area (Å²) in [5, 5.41) is 2.03. The molecule has 2 aromatic rings. The Hall–Kier alpha value is -2.51. The largest absolute Gasteiger partial charge is 0.416 e. The van der Waals surface area contributed by atoms with Gasteiger partial charge in [0.25, 0.3) is 0 Å². The molecule has 23 heavy (non-hydrogen) atoms. The van der Waals surface area contributed by atoms with Crippen LogP contribution in [0, 0.1) is 17.5 Å². The van der Waals surface area contributed by atoms with E-state index in [0.29, 0.717) is 6.07 Å². The fourth-order valence-corrected chi connectivity index (χ4v) is 1.81. The summed E-state index contributed by atoms with van der Waals surface area (Å²) in [6.45, 7) is 0. The van der Waals surface area contributed by atoms with Crippen LogP contribution in [0.1, 0.15) is 11.1 Å². The summed E-state index contributed by atoms with van der Waals surface area (Å²) in [7, 11) is 0. The molecule has 0 saturated carbocycles. The van der Waals surface area contributed by atoms with Crippen molar-refractivity contribution in [2.45, 2.75) is 12.6 Å². The summed E-state index contributed by atoms with van der Waals surface area (Å²) in [5.41, 5.74) is -1.17. The average molecular weight is 333 g/mol. The highest BCUT2D eigenvalue weighted by Crippen LogP contribution is 2.29. The number of hydrogen-bond acceptors (Lipinski definition) is 1. The molecule has 122 valence electrons.